The van der Waals surface area contributed by atoms with Crippen molar-refractivity contribution in [3.63, 3.8) is 0 Å². The van der Waals surface area contributed by atoms with Crippen LogP contribution in [0.1, 0.15) is 37.9 Å². The summed E-state index contributed by atoms with van der Waals surface area (Å²) in [5.41, 5.74) is 2.15. The third-order valence-corrected chi connectivity index (χ3v) is 4.49. The van der Waals surface area contributed by atoms with E-state index in [4.69, 9.17) is 4.74 Å². The molecule has 2 aromatic carbocycles. The number of benzene rings is 2. The van der Waals surface area contributed by atoms with Crippen LogP contribution in [-0.2, 0) is 11.3 Å². The highest BCUT2D eigenvalue weighted by atomic mass is 16.5. The molecule has 2 aromatic rings. The SMILES string of the molecule is COc1ccc(C(C)NC(=O)/C(C#N)=C\N(Cc2ccccc2)C(C)C)cc1. The molecule has 1 unspecified atom stereocenters. The summed E-state index contributed by atoms with van der Waals surface area (Å²) < 4.78 is 5.16. The quantitative estimate of drug-likeness (QED) is 0.553. The number of nitrogens with zero attached hydrogens (tertiary/aromatic N) is 2. The van der Waals surface area contributed by atoms with E-state index >= 15 is 0 Å². The summed E-state index contributed by atoms with van der Waals surface area (Å²) in [6, 6.07) is 19.4. The molecule has 1 atom stereocenters. The average Bonchev–Trinajstić information content (AvgIpc) is 2.71. The highest BCUT2D eigenvalue weighted by Crippen LogP contribution is 2.18. The topological polar surface area (TPSA) is 65.4 Å². The lowest BCUT2D eigenvalue weighted by Gasteiger charge is -2.25. The van der Waals surface area contributed by atoms with E-state index in [0.717, 1.165) is 16.9 Å². The number of methoxy groups -OCH3 is 1. The molecule has 5 heteroatoms. The molecule has 28 heavy (non-hydrogen) atoms. The molecular weight excluding hydrogens is 350 g/mol. The van der Waals surface area contributed by atoms with E-state index in [2.05, 4.69) is 5.32 Å². The van der Waals surface area contributed by atoms with Gasteiger partial charge in [0, 0.05) is 18.8 Å². The number of amides is 1. The molecule has 1 N–H and O–H groups in total. The fraction of sp³-hybridized carbons (Fsp3) is 0.304. The van der Waals surface area contributed by atoms with Gasteiger partial charge in [-0.2, -0.15) is 5.26 Å². The van der Waals surface area contributed by atoms with Gasteiger partial charge in [0.1, 0.15) is 17.4 Å². The monoisotopic (exact) mass is 377 g/mol. The summed E-state index contributed by atoms with van der Waals surface area (Å²) in [4.78, 5) is 14.6. The minimum atomic E-state index is -0.385. The van der Waals surface area contributed by atoms with Gasteiger partial charge in [0.05, 0.1) is 13.2 Å². The maximum atomic E-state index is 12.6. The first-order valence-corrected chi connectivity index (χ1v) is 9.31. The average molecular weight is 377 g/mol. The van der Waals surface area contributed by atoms with Crippen molar-refractivity contribution < 1.29 is 9.53 Å². The molecule has 0 fully saturated rings. The highest BCUT2D eigenvalue weighted by Gasteiger charge is 2.16. The number of nitrogens with one attached hydrogen (secondary N) is 1. The Labute approximate surface area is 167 Å². The Morgan fingerprint density at radius 3 is 2.32 bits per heavy atom. The number of hydrogen-bond acceptors (Lipinski definition) is 4. The van der Waals surface area contributed by atoms with Crippen molar-refractivity contribution in [1.82, 2.24) is 10.2 Å². The Hall–Kier alpha value is -3.26. The second-order valence-electron chi connectivity index (χ2n) is 6.87. The van der Waals surface area contributed by atoms with Crippen molar-refractivity contribution >= 4 is 5.91 Å². The first-order valence-electron chi connectivity index (χ1n) is 9.31. The maximum absolute atomic E-state index is 12.6. The lowest BCUT2D eigenvalue weighted by Crippen LogP contribution is -2.31. The molecule has 0 aromatic heterocycles. The van der Waals surface area contributed by atoms with Gasteiger partial charge in [-0.25, -0.2) is 0 Å². The molecule has 0 spiro atoms. The van der Waals surface area contributed by atoms with E-state index in [1.807, 2.05) is 86.3 Å². The minimum Gasteiger partial charge on any atom is -0.497 e. The van der Waals surface area contributed by atoms with Gasteiger partial charge in [-0.15, -0.1) is 0 Å². The first kappa shape index (κ1) is 21.0. The van der Waals surface area contributed by atoms with E-state index in [1.165, 1.54) is 0 Å². The lowest BCUT2D eigenvalue weighted by atomic mass is 10.1. The van der Waals surface area contributed by atoms with Crippen LogP contribution in [0.3, 0.4) is 0 Å². The molecule has 0 saturated heterocycles. The molecular formula is C23H27N3O2. The van der Waals surface area contributed by atoms with E-state index < -0.39 is 0 Å². The largest absolute Gasteiger partial charge is 0.497 e. The number of carbonyl (C=O) groups excluding carboxylic acids is 1. The second kappa shape index (κ2) is 10.2. The van der Waals surface area contributed by atoms with Crippen LogP contribution in [0.5, 0.6) is 5.75 Å². The van der Waals surface area contributed by atoms with Gasteiger partial charge in [0.15, 0.2) is 0 Å². The van der Waals surface area contributed by atoms with E-state index in [-0.39, 0.29) is 23.6 Å². The minimum absolute atomic E-state index is 0.0880. The van der Waals surface area contributed by atoms with Gasteiger partial charge in [-0.3, -0.25) is 4.79 Å². The molecule has 146 valence electrons. The molecule has 0 heterocycles. The van der Waals surface area contributed by atoms with Crippen LogP contribution in [0.15, 0.2) is 66.4 Å². The Balaban J connectivity index is 2.11. The first-order chi connectivity index (χ1) is 13.4. The van der Waals surface area contributed by atoms with Crippen LogP contribution in [0, 0.1) is 11.3 Å². The molecule has 0 aliphatic rings. The molecule has 0 aliphatic carbocycles. The highest BCUT2D eigenvalue weighted by molar-refractivity contribution is 5.97. The predicted octanol–water partition coefficient (Wildman–Crippen LogP) is 4.19. The number of nitriles is 1. The predicted molar refractivity (Wildman–Crippen MR) is 110 cm³/mol. The van der Waals surface area contributed by atoms with Crippen molar-refractivity contribution in [1.29, 1.82) is 5.26 Å². The van der Waals surface area contributed by atoms with Gasteiger partial charge in [0.25, 0.3) is 5.91 Å². The summed E-state index contributed by atoms with van der Waals surface area (Å²) in [6.45, 7) is 6.59. The summed E-state index contributed by atoms with van der Waals surface area (Å²) in [5, 5.41) is 12.4. The summed E-state index contributed by atoms with van der Waals surface area (Å²) >= 11 is 0. The van der Waals surface area contributed by atoms with E-state index in [9.17, 15) is 10.1 Å². The van der Waals surface area contributed by atoms with Gasteiger partial charge in [-0.05, 0) is 44.0 Å². The van der Waals surface area contributed by atoms with Crippen LogP contribution in [0.25, 0.3) is 0 Å². The number of ether oxygens (including phenoxy) is 1. The van der Waals surface area contributed by atoms with Crippen LogP contribution >= 0.6 is 0 Å². The van der Waals surface area contributed by atoms with Gasteiger partial charge in [-0.1, -0.05) is 42.5 Å². The number of hydrogen-bond donors (Lipinski definition) is 1. The third-order valence-electron chi connectivity index (χ3n) is 4.49. The summed E-state index contributed by atoms with van der Waals surface area (Å²) in [6.07, 6.45) is 1.65. The van der Waals surface area contributed by atoms with Crippen LogP contribution < -0.4 is 10.1 Å². The zero-order valence-corrected chi connectivity index (χ0v) is 16.8. The smallest absolute Gasteiger partial charge is 0.263 e. The molecule has 2 rings (SSSR count). The van der Waals surface area contributed by atoms with Crippen molar-refractivity contribution in [3.8, 4) is 11.8 Å². The lowest BCUT2D eigenvalue weighted by molar-refractivity contribution is -0.117. The van der Waals surface area contributed by atoms with Crippen LogP contribution in [-0.4, -0.2) is 24.0 Å². The second-order valence-corrected chi connectivity index (χ2v) is 6.87. The van der Waals surface area contributed by atoms with Crippen molar-refractivity contribution in [2.45, 2.75) is 39.4 Å². The molecule has 0 bridgehead atoms. The number of carbonyl (C=O) groups is 1. The molecule has 1 amide bonds. The fourth-order valence-electron chi connectivity index (χ4n) is 2.73. The van der Waals surface area contributed by atoms with E-state index in [1.54, 1.807) is 13.3 Å². The fourth-order valence-corrected chi connectivity index (χ4v) is 2.73. The van der Waals surface area contributed by atoms with Crippen molar-refractivity contribution in [2.75, 3.05) is 7.11 Å². The molecule has 0 aliphatic heterocycles. The summed E-state index contributed by atoms with van der Waals surface area (Å²) in [7, 11) is 1.61. The standard InChI is InChI=1S/C23H27N3O2/c1-17(2)26(15-19-8-6-5-7-9-19)16-21(14-24)23(27)25-18(3)20-10-12-22(28-4)13-11-20/h5-13,16-18H,15H2,1-4H3,(H,25,27)/b21-16-. The Morgan fingerprint density at radius 2 is 1.79 bits per heavy atom. The maximum Gasteiger partial charge on any atom is 0.263 e. The van der Waals surface area contributed by atoms with Crippen molar-refractivity contribution in [2.24, 2.45) is 0 Å². The van der Waals surface area contributed by atoms with Crippen molar-refractivity contribution in [3.05, 3.63) is 77.5 Å². The van der Waals surface area contributed by atoms with Crippen LogP contribution in [0.2, 0.25) is 0 Å². The summed E-state index contributed by atoms with van der Waals surface area (Å²) in [5.74, 6) is 0.373. The Kier molecular flexibility index (Phi) is 7.65. The third kappa shape index (κ3) is 5.88. The molecule has 0 radical (unpaired) electrons. The molecule has 5 nitrogen and oxygen atoms in total. The zero-order valence-electron chi connectivity index (χ0n) is 16.8. The number of rotatable bonds is 8. The Bertz CT molecular complexity index is 836. The zero-order chi connectivity index (χ0) is 20.5. The normalized spacial score (nSPS) is 12.2. The van der Waals surface area contributed by atoms with Gasteiger partial charge >= 0.3 is 0 Å². The van der Waals surface area contributed by atoms with Gasteiger partial charge in [0.2, 0.25) is 0 Å². The van der Waals surface area contributed by atoms with E-state index in [0.29, 0.717) is 6.54 Å². The van der Waals surface area contributed by atoms with Gasteiger partial charge < -0.3 is 15.0 Å². The Morgan fingerprint density at radius 1 is 1.14 bits per heavy atom. The van der Waals surface area contributed by atoms with Crippen LogP contribution in [0.4, 0.5) is 0 Å². The molecule has 0 saturated carbocycles.